The zero-order valence-electron chi connectivity index (χ0n) is 48.2. The number of rotatable bonds is 18. The first-order chi connectivity index (χ1) is 39.9. The highest BCUT2D eigenvalue weighted by Gasteiger charge is 2.49. The monoisotopic (exact) mass is 1060 g/mol. The molecule has 1 heterocycles. The molecule has 0 spiro atoms. The van der Waals surface area contributed by atoms with Gasteiger partial charge >= 0.3 is 0 Å². The molecule has 6 atom stereocenters. The van der Waals surface area contributed by atoms with Crippen molar-refractivity contribution < 1.29 is 4.74 Å². The van der Waals surface area contributed by atoms with Crippen LogP contribution in [0.2, 0.25) is 0 Å². The Bertz CT molecular complexity index is 3380. The molecule has 7 aliphatic carbocycles. The first kappa shape index (κ1) is 53.2. The lowest BCUT2D eigenvalue weighted by Crippen LogP contribution is -2.44. The molecule has 3 nitrogen and oxygen atoms in total. The number of hydrogen-bond donors (Lipinski definition) is 0. The second kappa shape index (κ2) is 23.8. The Morgan fingerprint density at radius 3 is 2.22 bits per heavy atom. The molecule has 0 radical (unpaired) electrons. The van der Waals surface area contributed by atoms with Crippen molar-refractivity contribution in [1.82, 2.24) is 0 Å². The molecule has 81 heavy (non-hydrogen) atoms. The van der Waals surface area contributed by atoms with Gasteiger partial charge in [0.05, 0.1) is 18.4 Å². The van der Waals surface area contributed by atoms with Gasteiger partial charge in [0.25, 0.3) is 0 Å². The van der Waals surface area contributed by atoms with Gasteiger partial charge in [0.2, 0.25) is 0 Å². The fraction of sp³-hybridized carbons (Fsp3) is 0.359. The SMILES string of the molecule is C=Cc1ccc(C2=CC=C(OCC(C)CCCCC3(C4=CC=CCC4)C4=CC(N(C5=CCC(C6=CC7c8cc(-c9ccc(C=C)cc9)ccc8N(C8CCCCC8)C7CC6)CC5)c5ccccc5)CC=C4c4ccccc43)CC2)cc1. The minimum Gasteiger partial charge on any atom is -0.498 e. The second-order valence-corrected chi connectivity index (χ2v) is 25.0. The molecule has 0 amide bonds. The standard InChI is InChI=1S/C78H84N2O/c1-4-56-28-32-58(33-29-56)59-38-45-69(46-39-59)81-54-55(3)19-17-18-50-78(64-20-9-6-10-21-64)74-27-16-15-26-70(74)71-47-44-68(53-75(71)78)79(65-22-11-7-12-23-65)67-42-36-61(37-43-67)63-41-49-77-73(52-63)72-51-62(60-34-30-57(5-2)31-35-60)40-48-76(72)80(77)66-24-13-8-14-25-66/h4-7,9,11-12,15-16,20,22-23,26-35,38,40,42,45,47-48,51-53,55,61,66,68,73,77H,1-2,8,10,13-14,17-19,21,24-25,36-37,39,41,43-44,46,49-50,54H2,3H3. The van der Waals surface area contributed by atoms with Crippen LogP contribution >= 0.6 is 0 Å². The molecule has 5 aromatic rings. The molecule has 13 rings (SSSR count). The molecule has 0 bridgehead atoms. The van der Waals surface area contributed by atoms with Gasteiger partial charge in [0, 0.05) is 46.9 Å². The molecule has 412 valence electrons. The predicted molar refractivity (Wildman–Crippen MR) is 344 cm³/mol. The maximum absolute atomic E-state index is 6.51. The van der Waals surface area contributed by atoms with E-state index in [2.05, 4.69) is 206 Å². The van der Waals surface area contributed by atoms with Crippen LogP contribution in [-0.4, -0.2) is 24.7 Å². The normalized spacial score (nSPS) is 24.4. The van der Waals surface area contributed by atoms with Crippen LogP contribution in [0.15, 0.2) is 217 Å². The number of nitrogens with zero attached hydrogens (tertiary/aromatic N) is 2. The first-order valence-electron chi connectivity index (χ1n) is 31.5. The number of hydrogen-bond acceptors (Lipinski definition) is 3. The van der Waals surface area contributed by atoms with Gasteiger partial charge in [-0.15, -0.1) is 0 Å². The minimum atomic E-state index is -0.142. The average molecular weight is 1070 g/mol. The summed E-state index contributed by atoms with van der Waals surface area (Å²) in [5.41, 5.74) is 22.7. The van der Waals surface area contributed by atoms with Gasteiger partial charge in [0.1, 0.15) is 0 Å². The Balaban J connectivity index is 0.745. The Kier molecular flexibility index (Phi) is 15.6. The maximum Gasteiger partial charge on any atom is 0.0963 e. The summed E-state index contributed by atoms with van der Waals surface area (Å²) in [6, 6.07) is 47.5. The molecule has 5 aromatic carbocycles. The van der Waals surface area contributed by atoms with Crippen molar-refractivity contribution in [3.05, 3.63) is 251 Å². The highest BCUT2D eigenvalue weighted by Crippen LogP contribution is 2.60. The number of para-hydroxylation sites is 1. The minimum absolute atomic E-state index is 0.142. The molecule has 3 heteroatoms. The molecule has 6 unspecified atom stereocenters. The van der Waals surface area contributed by atoms with Crippen LogP contribution in [0.4, 0.5) is 11.4 Å². The number of ether oxygens (including phenoxy) is 1. The summed E-state index contributed by atoms with van der Waals surface area (Å²) >= 11 is 0. The molecule has 0 N–H and O–H groups in total. The summed E-state index contributed by atoms with van der Waals surface area (Å²) in [6.45, 7) is 11.1. The summed E-state index contributed by atoms with van der Waals surface area (Å²) in [4.78, 5) is 5.70. The van der Waals surface area contributed by atoms with Crippen molar-refractivity contribution in [1.29, 1.82) is 0 Å². The number of allylic oxidation sites excluding steroid dienone is 13. The van der Waals surface area contributed by atoms with Gasteiger partial charge in [-0.3, -0.25) is 0 Å². The third-order valence-electron chi connectivity index (χ3n) is 20.2. The van der Waals surface area contributed by atoms with Crippen molar-refractivity contribution in [3.63, 3.8) is 0 Å². The van der Waals surface area contributed by atoms with Crippen LogP contribution < -0.4 is 9.80 Å². The van der Waals surface area contributed by atoms with Crippen molar-refractivity contribution in [2.24, 2.45) is 11.8 Å². The number of unbranched alkanes of at least 4 members (excludes halogenated alkanes) is 1. The molecule has 0 aromatic heterocycles. The summed E-state index contributed by atoms with van der Waals surface area (Å²) in [6.07, 6.45) is 48.9. The van der Waals surface area contributed by atoms with Crippen molar-refractivity contribution in [3.8, 4) is 11.1 Å². The highest BCUT2D eigenvalue weighted by molar-refractivity contribution is 5.93. The molecule has 0 saturated heterocycles. The lowest BCUT2D eigenvalue weighted by atomic mass is 9.65. The molecule has 1 saturated carbocycles. The smallest absolute Gasteiger partial charge is 0.0963 e. The van der Waals surface area contributed by atoms with E-state index in [1.807, 2.05) is 12.2 Å². The van der Waals surface area contributed by atoms with Crippen LogP contribution in [0, 0.1) is 11.8 Å². The van der Waals surface area contributed by atoms with Crippen LogP contribution in [0.25, 0.3) is 34.4 Å². The molecular formula is C78H84N2O. The number of fused-ring (bicyclic) bond motifs is 6. The van der Waals surface area contributed by atoms with E-state index in [0.29, 0.717) is 29.8 Å². The summed E-state index contributed by atoms with van der Waals surface area (Å²) < 4.78 is 6.51. The van der Waals surface area contributed by atoms with Crippen LogP contribution in [0.1, 0.15) is 168 Å². The van der Waals surface area contributed by atoms with Gasteiger partial charge < -0.3 is 14.5 Å². The second-order valence-electron chi connectivity index (χ2n) is 25.0. The molecule has 1 aliphatic heterocycles. The Hall–Kier alpha value is -7.10. The molecular weight excluding hydrogens is 981 g/mol. The van der Waals surface area contributed by atoms with E-state index in [1.165, 1.54) is 132 Å². The lowest BCUT2D eigenvalue weighted by Gasteiger charge is -2.42. The highest BCUT2D eigenvalue weighted by atomic mass is 16.5. The van der Waals surface area contributed by atoms with Crippen molar-refractivity contribution in [2.45, 2.75) is 158 Å². The van der Waals surface area contributed by atoms with Crippen LogP contribution in [-0.2, 0) is 10.2 Å². The lowest BCUT2D eigenvalue weighted by molar-refractivity contribution is 0.158. The zero-order valence-corrected chi connectivity index (χ0v) is 48.2. The summed E-state index contributed by atoms with van der Waals surface area (Å²) in [7, 11) is 0. The Morgan fingerprint density at radius 2 is 1.48 bits per heavy atom. The van der Waals surface area contributed by atoms with E-state index in [0.717, 1.165) is 69.3 Å². The van der Waals surface area contributed by atoms with Gasteiger partial charge in [-0.2, -0.15) is 0 Å². The Labute approximate surface area is 485 Å². The fourth-order valence-electron chi connectivity index (χ4n) is 16.0. The third kappa shape index (κ3) is 10.6. The Morgan fingerprint density at radius 1 is 0.704 bits per heavy atom. The van der Waals surface area contributed by atoms with E-state index in [4.69, 9.17) is 4.74 Å². The van der Waals surface area contributed by atoms with E-state index >= 15 is 0 Å². The van der Waals surface area contributed by atoms with E-state index in [-0.39, 0.29) is 11.5 Å². The topological polar surface area (TPSA) is 15.7 Å². The number of anilines is 2. The van der Waals surface area contributed by atoms with Gasteiger partial charge in [-0.25, -0.2) is 0 Å². The third-order valence-corrected chi connectivity index (χ3v) is 20.2. The van der Waals surface area contributed by atoms with Crippen molar-refractivity contribution in [2.75, 3.05) is 16.4 Å². The van der Waals surface area contributed by atoms with E-state index in [1.54, 1.807) is 22.3 Å². The summed E-state index contributed by atoms with van der Waals surface area (Å²) in [5.74, 6) is 2.65. The molecule has 8 aliphatic rings. The first-order valence-corrected chi connectivity index (χ1v) is 31.5. The molecule has 1 fully saturated rings. The van der Waals surface area contributed by atoms with Crippen LogP contribution in [0.5, 0.6) is 0 Å². The van der Waals surface area contributed by atoms with Gasteiger partial charge in [-0.05, 0) is 187 Å². The number of benzene rings is 5. The maximum atomic E-state index is 6.51. The van der Waals surface area contributed by atoms with Gasteiger partial charge in [-0.1, -0.05) is 221 Å². The van der Waals surface area contributed by atoms with E-state index < -0.39 is 0 Å². The predicted octanol–water partition coefficient (Wildman–Crippen LogP) is 20.4. The summed E-state index contributed by atoms with van der Waals surface area (Å²) in [5, 5.41) is 0. The van der Waals surface area contributed by atoms with Crippen LogP contribution in [0.3, 0.4) is 0 Å². The quantitative estimate of drug-likeness (QED) is 0.0642. The van der Waals surface area contributed by atoms with Gasteiger partial charge in [0.15, 0.2) is 0 Å². The zero-order chi connectivity index (χ0) is 54.7. The van der Waals surface area contributed by atoms with E-state index in [9.17, 15) is 0 Å². The average Bonchev–Trinajstić information content (AvgIpc) is 3.53. The van der Waals surface area contributed by atoms with Crippen molar-refractivity contribution >= 4 is 34.7 Å². The fourth-order valence-corrected chi connectivity index (χ4v) is 16.0. The largest absolute Gasteiger partial charge is 0.498 e.